The van der Waals surface area contributed by atoms with Gasteiger partial charge in [0.2, 0.25) is 0 Å². The van der Waals surface area contributed by atoms with Gasteiger partial charge in [-0.15, -0.1) is 20.5 Å². The van der Waals surface area contributed by atoms with Crippen molar-refractivity contribution >= 4 is 22.6 Å². The summed E-state index contributed by atoms with van der Waals surface area (Å²) in [6.07, 6.45) is 2.22. The smallest absolute Gasteiger partial charge is 0.252 e. The van der Waals surface area contributed by atoms with Crippen molar-refractivity contribution in [2.45, 2.75) is 115 Å². The molecule has 2 aromatic rings. The zero-order valence-electron chi connectivity index (χ0n) is 24.0. The summed E-state index contributed by atoms with van der Waals surface area (Å²) in [5.41, 5.74) is -1.35. The van der Waals surface area contributed by atoms with Crippen molar-refractivity contribution < 1.29 is 20.0 Å². The molecule has 2 amide bonds. The summed E-state index contributed by atoms with van der Waals surface area (Å²) >= 11 is 0. The van der Waals surface area contributed by atoms with E-state index in [0.717, 1.165) is 10.1 Å². The first-order valence-corrected chi connectivity index (χ1v) is 13.5. The normalized spacial score (nSPS) is 23.7. The molecule has 2 aliphatic heterocycles. The van der Waals surface area contributed by atoms with Crippen LogP contribution in [0.15, 0.2) is 36.4 Å². The molecular weight excluding hydrogens is 481 g/mol. The van der Waals surface area contributed by atoms with Gasteiger partial charge in [0.15, 0.2) is 0 Å². The predicted octanol–water partition coefficient (Wildman–Crippen LogP) is 5.03. The van der Waals surface area contributed by atoms with Crippen molar-refractivity contribution in [3.05, 3.63) is 47.5 Å². The molecule has 38 heavy (non-hydrogen) atoms. The molecule has 4 rings (SSSR count). The molecular formula is C30H42N4O4. The van der Waals surface area contributed by atoms with E-state index in [1.165, 1.54) is 0 Å². The number of hydrogen-bond acceptors (Lipinski definition) is 4. The highest BCUT2D eigenvalue weighted by Crippen LogP contribution is 2.38. The van der Waals surface area contributed by atoms with Crippen LogP contribution in [0.4, 0.5) is 0 Å². The molecule has 8 nitrogen and oxygen atoms in total. The van der Waals surface area contributed by atoms with E-state index < -0.39 is 22.2 Å². The molecule has 0 spiro atoms. The monoisotopic (exact) mass is 523 g/mol. The van der Waals surface area contributed by atoms with E-state index in [1.54, 1.807) is 12.1 Å². The molecule has 0 bridgehead atoms. The second-order valence-corrected chi connectivity index (χ2v) is 13.7. The van der Waals surface area contributed by atoms with Crippen LogP contribution in [-0.2, 0) is 10.4 Å². The Morgan fingerprint density at radius 1 is 0.605 bits per heavy atom. The molecule has 206 valence electrons. The highest BCUT2D eigenvalue weighted by molar-refractivity contribution is 6.14. The fourth-order valence-corrected chi connectivity index (χ4v) is 6.95. The molecule has 2 radical (unpaired) electrons. The van der Waals surface area contributed by atoms with Crippen molar-refractivity contribution in [1.29, 1.82) is 0 Å². The quantitative estimate of drug-likeness (QED) is 0.548. The second kappa shape index (κ2) is 9.59. The molecule has 2 N–H and O–H groups in total. The molecule has 0 aromatic heterocycles. The molecule has 2 fully saturated rings. The average molecular weight is 524 g/mol. The Morgan fingerprint density at radius 2 is 0.895 bits per heavy atom. The SMILES string of the molecule is CC1(C)CC(NC(=O)c2ccc(C(=O)NC3CC(C)(C)[15N]([O])C(C)(C)C3)c3ccccc23)CC(C)(C)[14N]1[O]. The number of nitrogens with one attached hydrogen (secondary N) is 2. The first-order chi connectivity index (χ1) is 17.4. The van der Waals surface area contributed by atoms with Crippen LogP contribution in [-0.4, -0.2) is 56.2 Å². The lowest BCUT2D eigenvalue weighted by molar-refractivity contribution is -0.289. The van der Waals surface area contributed by atoms with E-state index >= 15 is 0 Å². The maximum Gasteiger partial charge on any atom is 0.252 e. The van der Waals surface area contributed by atoms with Crippen molar-refractivity contribution in [3.8, 4) is 0 Å². The number of rotatable bonds is 4. The van der Waals surface area contributed by atoms with Crippen LogP contribution in [0.5, 0.6) is 0 Å². The van der Waals surface area contributed by atoms with Gasteiger partial charge in [-0.1, -0.05) is 24.3 Å². The topological polar surface area (TPSA) is 104 Å². The number of benzene rings is 2. The number of nitrogens with zero attached hydrogens (tertiary/aromatic N) is 2. The Kier molecular flexibility index (Phi) is 7.19. The van der Waals surface area contributed by atoms with Crippen molar-refractivity contribution in [1.82, 2.24) is 20.8 Å². The molecule has 0 unspecified atom stereocenters. The van der Waals surface area contributed by atoms with Gasteiger partial charge in [-0.25, -0.2) is 0 Å². The number of hydroxylamine groups is 4. The summed E-state index contributed by atoms with van der Waals surface area (Å²) in [6.45, 7) is 15.3. The van der Waals surface area contributed by atoms with Gasteiger partial charge in [-0.3, -0.25) is 9.59 Å². The molecule has 0 aliphatic carbocycles. The van der Waals surface area contributed by atoms with Crippen LogP contribution >= 0.6 is 0 Å². The molecule has 2 saturated heterocycles. The lowest BCUT2D eigenvalue weighted by Gasteiger charge is -2.50. The largest absolute Gasteiger partial charge is 0.349 e. The molecule has 8 heteroatoms. The van der Waals surface area contributed by atoms with E-state index in [9.17, 15) is 20.0 Å². The minimum Gasteiger partial charge on any atom is -0.349 e. The minimum atomic E-state index is -0.588. The van der Waals surface area contributed by atoms with Gasteiger partial charge in [0, 0.05) is 45.4 Å². The fraction of sp³-hybridized carbons (Fsp3) is 0.600. The molecule has 0 atom stereocenters. The molecule has 2 heterocycles. The third kappa shape index (κ3) is 5.32. The zero-order valence-corrected chi connectivity index (χ0v) is 24.0. The number of hydrogen-bond donors (Lipinski definition) is 2. The van der Waals surface area contributed by atoms with E-state index in [4.69, 9.17) is 0 Å². The van der Waals surface area contributed by atoms with Crippen LogP contribution in [0.3, 0.4) is 0 Å². The third-order valence-electron chi connectivity index (χ3n) is 8.27. The third-order valence-corrected chi connectivity index (χ3v) is 8.27. The summed E-state index contributed by atoms with van der Waals surface area (Å²) in [7, 11) is 0. The summed E-state index contributed by atoms with van der Waals surface area (Å²) in [5, 5.41) is 35.5. The fourth-order valence-electron chi connectivity index (χ4n) is 6.95. The number of piperidine rings is 2. The number of amides is 2. The lowest BCUT2D eigenvalue weighted by Crippen LogP contribution is -2.62. The zero-order chi connectivity index (χ0) is 28.3. The average Bonchev–Trinajstić information content (AvgIpc) is 2.79. The number of carbonyl (C=O) groups is 2. The Hall–Kier alpha value is -2.52. The number of carbonyl (C=O) groups excluding carboxylic acids is 2. The van der Waals surface area contributed by atoms with Crippen LogP contribution in [0.1, 0.15) is 102 Å². The van der Waals surface area contributed by atoms with E-state index in [0.29, 0.717) is 47.6 Å². The van der Waals surface area contributed by atoms with E-state index in [2.05, 4.69) is 10.6 Å². The lowest BCUT2D eigenvalue weighted by atomic mass is 9.79. The standard InChI is InChI=1S/C30H42N4O4/c1-27(2)15-19(16-28(3,4)33(27)37)31-25(35)23-13-14-24(22-12-10-9-11-21(22)23)26(36)32-20-17-29(5,6)34(38)30(7,8)18-20/h9-14,19-20H,15-18H2,1-8H3,(H,31,35)(H,32,36)/i33+0,34+1. The number of fused-ring (bicyclic) bond motifs is 1. The van der Waals surface area contributed by atoms with Gasteiger partial charge in [0.25, 0.3) is 11.8 Å². The summed E-state index contributed by atoms with van der Waals surface area (Å²) in [4.78, 5) is 26.9. The van der Waals surface area contributed by atoms with Gasteiger partial charge < -0.3 is 10.6 Å². The maximum absolute atomic E-state index is 13.5. The molecule has 2 aliphatic rings. The summed E-state index contributed by atoms with van der Waals surface area (Å²) in [5.74, 6) is -0.425. The van der Waals surface area contributed by atoms with Gasteiger partial charge in [-0.05, 0) is 104 Å². The Balaban J connectivity index is 1.57. The van der Waals surface area contributed by atoms with Crippen LogP contribution < -0.4 is 10.6 Å². The van der Waals surface area contributed by atoms with Crippen LogP contribution in [0.2, 0.25) is 0 Å². The van der Waals surface area contributed by atoms with Crippen LogP contribution in [0, 0.1) is 0 Å². The first-order valence-electron chi connectivity index (χ1n) is 13.5. The second-order valence-electron chi connectivity index (χ2n) is 13.7. The predicted molar refractivity (Wildman–Crippen MR) is 146 cm³/mol. The van der Waals surface area contributed by atoms with Gasteiger partial charge >= 0.3 is 0 Å². The van der Waals surface area contributed by atoms with Crippen molar-refractivity contribution in [2.75, 3.05) is 0 Å². The van der Waals surface area contributed by atoms with Crippen molar-refractivity contribution in [3.63, 3.8) is 0 Å². The van der Waals surface area contributed by atoms with Gasteiger partial charge in [0.05, 0.1) is 0 Å². The minimum absolute atomic E-state index is 0.141. The summed E-state index contributed by atoms with van der Waals surface area (Å²) < 4.78 is 0. The summed E-state index contributed by atoms with van der Waals surface area (Å²) in [6, 6.07) is 10.6. The molecule has 2 aromatic carbocycles. The maximum atomic E-state index is 13.5. The van der Waals surface area contributed by atoms with Crippen molar-refractivity contribution in [2.24, 2.45) is 0 Å². The Bertz CT molecular complexity index is 1110. The van der Waals surface area contributed by atoms with Gasteiger partial charge in [-0.2, -0.15) is 0 Å². The Labute approximate surface area is 226 Å². The highest BCUT2D eigenvalue weighted by Gasteiger charge is 2.47. The van der Waals surface area contributed by atoms with Crippen LogP contribution in [0.25, 0.3) is 10.8 Å². The van der Waals surface area contributed by atoms with E-state index in [-0.39, 0.29) is 23.9 Å². The molecule has 0 saturated carbocycles. The Morgan fingerprint density at radius 3 is 1.18 bits per heavy atom. The highest BCUT2D eigenvalue weighted by atomic mass is 16.8. The van der Waals surface area contributed by atoms with E-state index in [1.807, 2.05) is 79.7 Å². The van der Waals surface area contributed by atoms with Gasteiger partial charge in [0.1, 0.15) is 0 Å². The first kappa shape index (κ1) is 28.5.